The molecule has 13 heteroatoms. The summed E-state index contributed by atoms with van der Waals surface area (Å²) in [6.45, 7) is 5.45. The predicted molar refractivity (Wildman–Crippen MR) is 144 cm³/mol. The number of amides is 3. The fraction of sp³-hybridized carbons (Fsp3) is 0.345. The van der Waals surface area contributed by atoms with E-state index < -0.39 is 65.2 Å². The van der Waals surface area contributed by atoms with Gasteiger partial charge in [-0.05, 0) is 35.9 Å². The van der Waals surface area contributed by atoms with E-state index in [1.807, 2.05) is 20.8 Å². The van der Waals surface area contributed by atoms with Crippen molar-refractivity contribution < 1.29 is 37.5 Å². The lowest BCUT2D eigenvalue weighted by Crippen LogP contribution is -2.54. The Hall–Kier alpha value is -4.68. The van der Waals surface area contributed by atoms with Gasteiger partial charge < -0.3 is 20.2 Å². The van der Waals surface area contributed by atoms with Crippen molar-refractivity contribution in [1.29, 1.82) is 0 Å². The lowest BCUT2D eigenvalue weighted by Gasteiger charge is -2.31. The second kappa shape index (κ2) is 11.7. The van der Waals surface area contributed by atoms with E-state index in [0.717, 1.165) is 34.1 Å². The molecule has 10 nitrogen and oxygen atoms in total. The molecule has 2 atom stereocenters. The van der Waals surface area contributed by atoms with Crippen LogP contribution in [0.2, 0.25) is 0 Å². The zero-order valence-corrected chi connectivity index (χ0v) is 23.4. The molecule has 4 rings (SSSR count). The Morgan fingerprint density at radius 1 is 0.929 bits per heavy atom. The van der Waals surface area contributed by atoms with Crippen LogP contribution in [0.25, 0.3) is 0 Å². The molecule has 2 unspecified atom stereocenters. The number of aryl methyl sites for hydroxylation is 1. The van der Waals surface area contributed by atoms with Crippen LogP contribution in [0.3, 0.4) is 0 Å². The van der Waals surface area contributed by atoms with E-state index in [9.17, 15) is 37.5 Å². The Labute approximate surface area is 239 Å². The molecule has 1 fully saturated rings. The summed E-state index contributed by atoms with van der Waals surface area (Å²) < 4.78 is 42.8. The first-order valence-electron chi connectivity index (χ1n) is 13.1. The lowest BCUT2D eigenvalue weighted by molar-refractivity contribution is -0.138. The van der Waals surface area contributed by atoms with Crippen LogP contribution in [0.15, 0.2) is 48.5 Å². The Bertz CT molecular complexity index is 1510. The first-order valence-corrected chi connectivity index (χ1v) is 13.1. The topological polar surface area (TPSA) is 125 Å². The van der Waals surface area contributed by atoms with E-state index >= 15 is 0 Å². The third kappa shape index (κ3) is 6.45. The fourth-order valence-electron chi connectivity index (χ4n) is 4.73. The monoisotopic (exact) mass is 585 g/mol. The van der Waals surface area contributed by atoms with Crippen LogP contribution in [-0.2, 0) is 22.1 Å². The summed E-state index contributed by atoms with van der Waals surface area (Å²) in [7, 11) is 1.56. The highest BCUT2D eigenvalue weighted by atomic mass is 19.1. The van der Waals surface area contributed by atoms with Gasteiger partial charge in [-0.2, -0.15) is 5.10 Å². The van der Waals surface area contributed by atoms with Crippen molar-refractivity contribution in [2.45, 2.75) is 44.8 Å². The average molecular weight is 586 g/mol. The smallest absolute Gasteiger partial charge is 0.305 e. The molecule has 3 aromatic rings. The summed E-state index contributed by atoms with van der Waals surface area (Å²) in [6, 6.07) is 7.47. The van der Waals surface area contributed by atoms with Crippen molar-refractivity contribution in [1.82, 2.24) is 24.9 Å². The summed E-state index contributed by atoms with van der Waals surface area (Å²) in [4.78, 5) is 54.8. The summed E-state index contributed by atoms with van der Waals surface area (Å²) >= 11 is 0. The number of rotatable bonds is 7. The second-order valence-electron chi connectivity index (χ2n) is 11.0. The SMILES string of the molecule is Cn1nc(C(C)(C)C)cc1C(=O)N1CCN(C(=O)c2cc(F)cc(F)c2)C1C(=O)NC(CC(=O)O)c1ccc(F)cc1. The number of aliphatic carboxylic acids is 1. The van der Waals surface area contributed by atoms with Crippen molar-refractivity contribution in [3.8, 4) is 0 Å². The van der Waals surface area contributed by atoms with Crippen LogP contribution in [0.4, 0.5) is 13.2 Å². The highest BCUT2D eigenvalue weighted by Gasteiger charge is 2.45. The van der Waals surface area contributed by atoms with Crippen LogP contribution in [-0.4, -0.2) is 67.6 Å². The van der Waals surface area contributed by atoms with Crippen molar-refractivity contribution in [3.05, 3.63) is 88.5 Å². The molecule has 2 heterocycles. The largest absolute Gasteiger partial charge is 0.481 e. The number of hydrogen-bond donors (Lipinski definition) is 2. The van der Waals surface area contributed by atoms with Gasteiger partial charge in [0.05, 0.1) is 18.2 Å². The van der Waals surface area contributed by atoms with Crippen LogP contribution in [0.5, 0.6) is 0 Å². The molecule has 1 aromatic heterocycles. The number of aromatic nitrogens is 2. The van der Waals surface area contributed by atoms with Gasteiger partial charge in [-0.25, -0.2) is 13.2 Å². The van der Waals surface area contributed by atoms with Crippen molar-refractivity contribution in [3.63, 3.8) is 0 Å². The molecule has 0 aliphatic carbocycles. The van der Waals surface area contributed by atoms with Crippen LogP contribution in [0, 0.1) is 17.5 Å². The van der Waals surface area contributed by atoms with Crippen LogP contribution >= 0.6 is 0 Å². The first-order chi connectivity index (χ1) is 19.6. The third-order valence-electron chi connectivity index (χ3n) is 6.87. The van der Waals surface area contributed by atoms with Crippen LogP contribution < -0.4 is 5.32 Å². The van der Waals surface area contributed by atoms with Gasteiger partial charge in [0.1, 0.15) is 23.1 Å². The number of benzene rings is 2. The van der Waals surface area contributed by atoms with E-state index in [2.05, 4.69) is 10.4 Å². The Morgan fingerprint density at radius 2 is 1.50 bits per heavy atom. The second-order valence-corrected chi connectivity index (χ2v) is 11.0. The predicted octanol–water partition coefficient (Wildman–Crippen LogP) is 3.39. The number of carbonyl (C=O) groups excluding carboxylic acids is 3. The molecular formula is C29H30F3N5O5. The fourth-order valence-corrected chi connectivity index (χ4v) is 4.73. The van der Waals surface area contributed by atoms with E-state index in [0.29, 0.717) is 11.8 Å². The van der Waals surface area contributed by atoms with Gasteiger partial charge in [-0.3, -0.25) is 23.9 Å². The van der Waals surface area contributed by atoms with Gasteiger partial charge >= 0.3 is 5.97 Å². The van der Waals surface area contributed by atoms with E-state index in [-0.39, 0.29) is 29.9 Å². The number of hydrogen-bond acceptors (Lipinski definition) is 5. The molecule has 0 bridgehead atoms. The first kappa shape index (κ1) is 30.3. The zero-order chi connectivity index (χ0) is 30.9. The summed E-state index contributed by atoms with van der Waals surface area (Å²) in [5, 5.41) is 16.4. The number of carboxylic acids is 1. The number of halogens is 3. The summed E-state index contributed by atoms with van der Waals surface area (Å²) in [5.41, 5.74) is 0.227. The molecule has 222 valence electrons. The number of nitrogens with one attached hydrogen (secondary N) is 1. The third-order valence-corrected chi connectivity index (χ3v) is 6.87. The molecule has 0 radical (unpaired) electrons. The Kier molecular flexibility index (Phi) is 8.41. The minimum absolute atomic E-state index is 0.114. The molecule has 1 saturated heterocycles. The Balaban J connectivity index is 1.73. The minimum Gasteiger partial charge on any atom is -0.481 e. The normalized spacial score (nSPS) is 15.9. The molecule has 2 N–H and O–H groups in total. The van der Waals surface area contributed by atoms with Gasteiger partial charge in [0.25, 0.3) is 17.7 Å². The number of carboxylic acid groups (broad SMARTS) is 1. The highest BCUT2D eigenvalue weighted by molar-refractivity contribution is 6.01. The van der Waals surface area contributed by atoms with Crippen molar-refractivity contribution in [2.75, 3.05) is 13.1 Å². The minimum atomic E-state index is -1.61. The molecule has 0 saturated carbocycles. The van der Waals surface area contributed by atoms with Gasteiger partial charge in [0.15, 0.2) is 6.17 Å². The van der Waals surface area contributed by atoms with Gasteiger partial charge in [-0.15, -0.1) is 0 Å². The molecule has 1 aliphatic heterocycles. The van der Waals surface area contributed by atoms with Gasteiger partial charge in [-0.1, -0.05) is 32.9 Å². The summed E-state index contributed by atoms with van der Waals surface area (Å²) in [5.74, 6) is -6.32. The van der Waals surface area contributed by atoms with Gasteiger partial charge in [0.2, 0.25) is 0 Å². The average Bonchev–Trinajstić information content (AvgIpc) is 3.51. The molecule has 1 aliphatic rings. The molecule has 42 heavy (non-hydrogen) atoms. The maximum absolute atomic E-state index is 14.0. The quantitative estimate of drug-likeness (QED) is 0.438. The molecule has 2 aromatic carbocycles. The van der Waals surface area contributed by atoms with E-state index in [1.165, 1.54) is 16.8 Å². The lowest BCUT2D eigenvalue weighted by atomic mass is 9.92. The zero-order valence-electron chi connectivity index (χ0n) is 23.4. The van der Waals surface area contributed by atoms with Gasteiger partial charge in [0, 0.05) is 37.2 Å². The number of carbonyl (C=O) groups is 4. The van der Waals surface area contributed by atoms with Crippen molar-refractivity contribution >= 4 is 23.7 Å². The highest BCUT2D eigenvalue weighted by Crippen LogP contribution is 2.26. The van der Waals surface area contributed by atoms with Crippen molar-refractivity contribution in [2.24, 2.45) is 7.05 Å². The maximum atomic E-state index is 14.0. The standard InChI is InChI=1S/C29H30F3N5O5/c1-29(2,3)23-15-22(35(4)34-23)28(42)37-10-9-36(27(41)17-11-19(31)13-20(32)12-17)26(37)25(40)33-21(14-24(38)39)16-5-7-18(30)8-6-16/h5-8,11-13,15,21,26H,9-10,14H2,1-4H3,(H,33,40)(H,38,39). The van der Waals surface area contributed by atoms with Crippen LogP contribution in [0.1, 0.15) is 65.3 Å². The van der Waals surface area contributed by atoms with E-state index in [4.69, 9.17) is 0 Å². The molecule has 3 amide bonds. The van der Waals surface area contributed by atoms with E-state index in [1.54, 1.807) is 13.1 Å². The molecular weight excluding hydrogens is 555 g/mol. The maximum Gasteiger partial charge on any atom is 0.305 e. The molecule has 0 spiro atoms. The number of nitrogens with zero attached hydrogens (tertiary/aromatic N) is 4. The Morgan fingerprint density at radius 3 is 2.02 bits per heavy atom. The summed E-state index contributed by atoms with van der Waals surface area (Å²) in [6.07, 6.45) is -2.20.